The molecule has 0 fully saturated rings. The molecule has 0 aliphatic rings. The third kappa shape index (κ3) is 2.63. The number of carbonyl (C=O) groups excluding carboxylic acids is 2. The quantitative estimate of drug-likeness (QED) is 0.857. The maximum atomic E-state index is 12.3. The van der Waals surface area contributed by atoms with E-state index in [9.17, 15) is 14.7 Å². The van der Waals surface area contributed by atoms with Gasteiger partial charge in [0.1, 0.15) is 5.75 Å². The van der Waals surface area contributed by atoms with E-state index in [-0.39, 0.29) is 11.7 Å². The van der Waals surface area contributed by atoms with Gasteiger partial charge in [0, 0.05) is 18.3 Å². The van der Waals surface area contributed by atoms with Gasteiger partial charge in [0.15, 0.2) is 6.29 Å². The van der Waals surface area contributed by atoms with E-state index in [1.165, 1.54) is 17.0 Å². The van der Waals surface area contributed by atoms with Crippen molar-refractivity contribution >= 4 is 17.9 Å². The van der Waals surface area contributed by atoms with Gasteiger partial charge in [0.25, 0.3) is 5.91 Å². The molecule has 19 heavy (non-hydrogen) atoms. The number of hydrogen-bond donors (Lipinski definition) is 1. The maximum absolute atomic E-state index is 12.3. The molecule has 0 heterocycles. The van der Waals surface area contributed by atoms with E-state index in [2.05, 4.69) is 0 Å². The summed E-state index contributed by atoms with van der Waals surface area (Å²) in [6.07, 6.45) is 0.665. The maximum Gasteiger partial charge on any atom is 0.258 e. The third-order valence-corrected chi connectivity index (χ3v) is 2.86. The molecule has 1 amide bonds. The average molecular weight is 255 g/mol. The summed E-state index contributed by atoms with van der Waals surface area (Å²) in [6, 6.07) is 12.9. The number of carbonyl (C=O) groups is 2. The minimum Gasteiger partial charge on any atom is -0.508 e. The van der Waals surface area contributed by atoms with Crippen molar-refractivity contribution in [3.05, 3.63) is 59.7 Å². The Hall–Kier alpha value is -2.62. The van der Waals surface area contributed by atoms with Crippen LogP contribution in [0.4, 0.5) is 5.69 Å². The lowest BCUT2D eigenvalue weighted by Crippen LogP contribution is -2.27. The lowest BCUT2D eigenvalue weighted by Gasteiger charge is -2.18. The molecule has 0 bridgehead atoms. The van der Waals surface area contributed by atoms with Gasteiger partial charge in [-0.15, -0.1) is 0 Å². The van der Waals surface area contributed by atoms with Crippen LogP contribution in [0.3, 0.4) is 0 Å². The lowest BCUT2D eigenvalue weighted by atomic mass is 10.1. The highest BCUT2D eigenvalue weighted by Gasteiger charge is 2.16. The molecule has 0 saturated heterocycles. The fourth-order valence-electron chi connectivity index (χ4n) is 1.77. The van der Waals surface area contributed by atoms with E-state index >= 15 is 0 Å². The topological polar surface area (TPSA) is 57.6 Å². The van der Waals surface area contributed by atoms with Gasteiger partial charge in [0.05, 0.1) is 5.56 Å². The highest BCUT2D eigenvalue weighted by molar-refractivity contribution is 6.09. The third-order valence-electron chi connectivity index (χ3n) is 2.86. The molecular formula is C15H13NO3. The molecular weight excluding hydrogens is 242 g/mol. The van der Waals surface area contributed by atoms with Crippen molar-refractivity contribution in [3.8, 4) is 5.75 Å². The predicted molar refractivity (Wildman–Crippen MR) is 72.7 cm³/mol. The zero-order chi connectivity index (χ0) is 13.8. The second-order valence-corrected chi connectivity index (χ2v) is 4.09. The zero-order valence-electron chi connectivity index (χ0n) is 10.4. The number of anilines is 1. The fourth-order valence-corrected chi connectivity index (χ4v) is 1.77. The van der Waals surface area contributed by atoms with E-state index in [1.807, 2.05) is 0 Å². The Balaban J connectivity index is 2.33. The summed E-state index contributed by atoms with van der Waals surface area (Å²) in [6.45, 7) is 0. The Morgan fingerprint density at radius 3 is 2.37 bits per heavy atom. The van der Waals surface area contributed by atoms with Crippen molar-refractivity contribution in [3.63, 3.8) is 0 Å². The standard InChI is InChI=1S/C15H13NO3/c1-16(12-6-8-13(18)9-7-12)15(19)14-5-3-2-4-11(14)10-17/h2-10,18H,1H3. The Morgan fingerprint density at radius 2 is 1.74 bits per heavy atom. The number of aldehydes is 1. The number of phenols is 1. The van der Waals surface area contributed by atoms with Crippen molar-refractivity contribution in [2.24, 2.45) is 0 Å². The van der Waals surface area contributed by atoms with Gasteiger partial charge in [-0.05, 0) is 30.3 Å². The molecule has 0 atom stereocenters. The molecule has 4 nitrogen and oxygen atoms in total. The molecule has 0 aromatic heterocycles. The SMILES string of the molecule is CN(C(=O)c1ccccc1C=O)c1ccc(O)cc1. The Bertz CT molecular complexity index is 605. The molecule has 0 aliphatic carbocycles. The molecule has 1 N–H and O–H groups in total. The van der Waals surface area contributed by atoms with Crippen molar-refractivity contribution < 1.29 is 14.7 Å². The summed E-state index contributed by atoms with van der Waals surface area (Å²) in [7, 11) is 1.62. The van der Waals surface area contributed by atoms with E-state index in [0.29, 0.717) is 23.1 Å². The molecule has 0 spiro atoms. The molecule has 0 saturated carbocycles. The number of amides is 1. The molecule has 0 aliphatic heterocycles. The van der Waals surface area contributed by atoms with Gasteiger partial charge < -0.3 is 10.0 Å². The number of rotatable bonds is 3. The summed E-state index contributed by atoms with van der Waals surface area (Å²) in [4.78, 5) is 24.7. The second kappa shape index (κ2) is 5.35. The van der Waals surface area contributed by atoms with Crippen molar-refractivity contribution in [1.29, 1.82) is 0 Å². The van der Waals surface area contributed by atoms with Crippen LogP contribution in [0, 0.1) is 0 Å². The molecule has 2 aromatic rings. The van der Waals surface area contributed by atoms with E-state index < -0.39 is 0 Å². The van der Waals surface area contributed by atoms with Gasteiger partial charge in [-0.2, -0.15) is 0 Å². The first-order chi connectivity index (χ1) is 9.13. The van der Waals surface area contributed by atoms with Crippen molar-refractivity contribution in [1.82, 2.24) is 0 Å². The van der Waals surface area contributed by atoms with Gasteiger partial charge >= 0.3 is 0 Å². The highest BCUT2D eigenvalue weighted by atomic mass is 16.3. The van der Waals surface area contributed by atoms with Gasteiger partial charge in [-0.3, -0.25) is 9.59 Å². The minimum absolute atomic E-state index is 0.137. The van der Waals surface area contributed by atoms with Crippen LogP contribution < -0.4 is 4.90 Å². The predicted octanol–water partition coefficient (Wildman–Crippen LogP) is 2.48. The smallest absolute Gasteiger partial charge is 0.258 e. The number of nitrogens with zero attached hydrogens (tertiary/aromatic N) is 1. The monoisotopic (exact) mass is 255 g/mol. The number of hydrogen-bond acceptors (Lipinski definition) is 3. The molecule has 0 radical (unpaired) electrons. The van der Waals surface area contributed by atoms with E-state index in [0.717, 1.165) is 0 Å². The molecule has 2 aromatic carbocycles. The van der Waals surface area contributed by atoms with E-state index in [1.54, 1.807) is 43.4 Å². The molecule has 0 unspecified atom stereocenters. The second-order valence-electron chi connectivity index (χ2n) is 4.09. The zero-order valence-corrected chi connectivity index (χ0v) is 10.4. The molecule has 96 valence electrons. The highest BCUT2D eigenvalue weighted by Crippen LogP contribution is 2.20. The summed E-state index contributed by atoms with van der Waals surface area (Å²) < 4.78 is 0. The first-order valence-electron chi connectivity index (χ1n) is 5.75. The van der Waals surface area contributed by atoms with Crippen LogP contribution in [0.15, 0.2) is 48.5 Å². The van der Waals surface area contributed by atoms with Crippen LogP contribution in [-0.2, 0) is 0 Å². The Labute approximate surface area is 110 Å². The Kier molecular flexibility index (Phi) is 3.61. The van der Waals surface area contributed by atoms with Crippen LogP contribution in [0.2, 0.25) is 0 Å². The van der Waals surface area contributed by atoms with Crippen LogP contribution in [0.5, 0.6) is 5.75 Å². The van der Waals surface area contributed by atoms with Crippen LogP contribution >= 0.6 is 0 Å². The molecule has 4 heteroatoms. The Morgan fingerprint density at radius 1 is 1.11 bits per heavy atom. The van der Waals surface area contributed by atoms with Crippen molar-refractivity contribution in [2.45, 2.75) is 0 Å². The number of benzene rings is 2. The largest absolute Gasteiger partial charge is 0.508 e. The molecule has 2 rings (SSSR count). The van der Waals surface area contributed by atoms with Gasteiger partial charge in [-0.1, -0.05) is 18.2 Å². The van der Waals surface area contributed by atoms with Gasteiger partial charge in [-0.25, -0.2) is 0 Å². The lowest BCUT2D eigenvalue weighted by molar-refractivity contribution is 0.0986. The summed E-state index contributed by atoms with van der Waals surface area (Å²) in [5.74, 6) is -0.133. The van der Waals surface area contributed by atoms with Crippen LogP contribution in [0.25, 0.3) is 0 Å². The summed E-state index contributed by atoms with van der Waals surface area (Å²) in [5.41, 5.74) is 1.36. The van der Waals surface area contributed by atoms with Crippen molar-refractivity contribution in [2.75, 3.05) is 11.9 Å². The minimum atomic E-state index is -0.270. The normalized spacial score (nSPS) is 9.95. The fraction of sp³-hybridized carbons (Fsp3) is 0.0667. The first-order valence-corrected chi connectivity index (χ1v) is 5.75. The first kappa shape index (κ1) is 12.8. The summed E-state index contributed by atoms with van der Waals surface area (Å²) >= 11 is 0. The van der Waals surface area contributed by atoms with E-state index in [4.69, 9.17) is 0 Å². The van der Waals surface area contributed by atoms with Crippen LogP contribution in [0.1, 0.15) is 20.7 Å². The van der Waals surface area contributed by atoms with Crippen LogP contribution in [-0.4, -0.2) is 24.3 Å². The summed E-state index contributed by atoms with van der Waals surface area (Å²) in [5, 5.41) is 9.23. The number of aromatic hydroxyl groups is 1. The van der Waals surface area contributed by atoms with Gasteiger partial charge in [0.2, 0.25) is 0 Å². The number of phenolic OH excluding ortho intramolecular Hbond substituents is 1. The average Bonchev–Trinajstić information content (AvgIpc) is 2.46.